The molecule has 9 unspecified atom stereocenters. The van der Waals surface area contributed by atoms with Gasteiger partial charge in [-0.25, -0.2) is 0 Å². The van der Waals surface area contributed by atoms with Gasteiger partial charge in [-0.3, -0.25) is 0 Å². The number of hydrogen-bond donors (Lipinski definition) is 4. The summed E-state index contributed by atoms with van der Waals surface area (Å²) in [7, 11) is 0. The van der Waals surface area contributed by atoms with Crippen LogP contribution in [-0.2, 0) is 0 Å². The molecule has 4 heteroatoms. The van der Waals surface area contributed by atoms with Crippen LogP contribution in [-0.4, -0.2) is 44.3 Å². The van der Waals surface area contributed by atoms with Crippen LogP contribution in [0.25, 0.3) is 0 Å². The average Bonchev–Trinajstić information content (AvgIpc) is 3.01. The first-order valence-electron chi connectivity index (χ1n) is 14.0. The summed E-state index contributed by atoms with van der Waals surface area (Å²) in [6.45, 7) is 17.6. The zero-order chi connectivity index (χ0) is 25.5. The molecule has 2 fully saturated rings. The zero-order valence-corrected chi connectivity index (χ0v) is 23.1. The lowest BCUT2D eigenvalue weighted by molar-refractivity contribution is -0.158. The average molecular weight is 477 g/mol. The molecule has 2 saturated carbocycles. The lowest BCUT2D eigenvalue weighted by atomic mass is 9.43. The van der Waals surface area contributed by atoms with Gasteiger partial charge in [0.05, 0.1) is 23.9 Å². The van der Waals surface area contributed by atoms with E-state index in [-0.39, 0.29) is 21.7 Å². The van der Waals surface area contributed by atoms with Gasteiger partial charge in [0, 0.05) is 0 Å². The van der Waals surface area contributed by atoms with E-state index in [0.717, 1.165) is 25.7 Å². The first kappa shape index (κ1) is 26.6. The van der Waals surface area contributed by atoms with Crippen molar-refractivity contribution in [3.05, 3.63) is 11.1 Å². The summed E-state index contributed by atoms with van der Waals surface area (Å²) >= 11 is 0. The first-order chi connectivity index (χ1) is 15.5. The van der Waals surface area contributed by atoms with Gasteiger partial charge < -0.3 is 20.4 Å². The molecule has 0 radical (unpaired) electrons. The first-order valence-corrected chi connectivity index (χ1v) is 14.0. The third kappa shape index (κ3) is 3.68. The van der Waals surface area contributed by atoms with E-state index in [1.54, 1.807) is 25.0 Å². The van der Waals surface area contributed by atoms with Gasteiger partial charge in [0.2, 0.25) is 0 Å². The number of aliphatic hydroxyl groups excluding tert-OH is 3. The highest BCUT2D eigenvalue weighted by Crippen LogP contribution is 2.72. The Hall–Kier alpha value is -0.420. The Morgan fingerprint density at radius 2 is 1.59 bits per heavy atom. The molecule has 196 valence electrons. The van der Waals surface area contributed by atoms with Crippen molar-refractivity contribution in [3.63, 3.8) is 0 Å². The summed E-state index contributed by atoms with van der Waals surface area (Å²) in [5, 5.41) is 42.3. The zero-order valence-electron chi connectivity index (χ0n) is 23.1. The highest BCUT2D eigenvalue weighted by atomic mass is 16.3. The van der Waals surface area contributed by atoms with Gasteiger partial charge in [0.25, 0.3) is 0 Å². The van der Waals surface area contributed by atoms with Crippen LogP contribution in [0.4, 0.5) is 0 Å². The largest absolute Gasteiger partial charge is 0.390 e. The van der Waals surface area contributed by atoms with E-state index < -0.39 is 23.9 Å². The van der Waals surface area contributed by atoms with Crippen molar-refractivity contribution in [2.75, 3.05) is 0 Å². The Kier molecular flexibility index (Phi) is 6.50. The Labute approximate surface area is 208 Å². The summed E-state index contributed by atoms with van der Waals surface area (Å²) in [5.74, 6) is 1.55. The fourth-order valence-corrected chi connectivity index (χ4v) is 9.75. The van der Waals surface area contributed by atoms with Crippen LogP contribution < -0.4 is 0 Å². The van der Waals surface area contributed by atoms with Gasteiger partial charge in [-0.15, -0.1) is 0 Å². The third-order valence-corrected chi connectivity index (χ3v) is 12.2. The van der Waals surface area contributed by atoms with Crippen LogP contribution in [0, 0.1) is 39.4 Å². The maximum Gasteiger partial charge on any atom is 0.0853 e. The molecule has 0 aromatic carbocycles. The molecule has 0 aromatic heterocycles. The van der Waals surface area contributed by atoms with Crippen molar-refractivity contribution in [3.8, 4) is 0 Å². The molecular weight excluding hydrogens is 424 g/mol. The second-order valence-corrected chi connectivity index (χ2v) is 14.6. The molecule has 0 saturated heterocycles. The van der Waals surface area contributed by atoms with E-state index in [0.29, 0.717) is 30.6 Å². The molecule has 0 aromatic rings. The van der Waals surface area contributed by atoms with Crippen LogP contribution in [0.5, 0.6) is 0 Å². The molecule has 0 aliphatic heterocycles. The van der Waals surface area contributed by atoms with Crippen LogP contribution >= 0.6 is 0 Å². The minimum Gasteiger partial charge on any atom is -0.390 e. The van der Waals surface area contributed by atoms with Crippen molar-refractivity contribution in [2.45, 2.75) is 137 Å². The Morgan fingerprint density at radius 3 is 2.21 bits per heavy atom. The molecule has 0 amide bonds. The van der Waals surface area contributed by atoms with E-state index in [2.05, 4.69) is 41.5 Å². The Balaban J connectivity index is 1.62. The fourth-order valence-electron chi connectivity index (χ4n) is 9.75. The van der Waals surface area contributed by atoms with E-state index in [1.165, 1.54) is 19.3 Å². The quantitative estimate of drug-likeness (QED) is 0.389. The summed E-state index contributed by atoms with van der Waals surface area (Å²) < 4.78 is 0. The minimum absolute atomic E-state index is 0.0272. The predicted octanol–water partition coefficient (Wildman–Crippen LogP) is 5.62. The minimum atomic E-state index is -1.04. The van der Waals surface area contributed by atoms with Crippen molar-refractivity contribution in [1.82, 2.24) is 0 Å². The summed E-state index contributed by atoms with van der Waals surface area (Å²) in [6.07, 6.45) is 7.30. The van der Waals surface area contributed by atoms with Gasteiger partial charge in [-0.2, -0.15) is 0 Å². The van der Waals surface area contributed by atoms with Crippen LogP contribution in [0.1, 0.15) is 113 Å². The molecule has 0 heterocycles. The number of rotatable bonds is 5. The SMILES string of the molecule is CC(CCC(O)C(C)(C)O)C1CCC2(C)C3=C(CCC12C)C1(C)CC(O)C(O)C(C)(C)C1CC3. The van der Waals surface area contributed by atoms with E-state index in [1.807, 2.05) is 0 Å². The lowest BCUT2D eigenvalue weighted by Gasteiger charge is -2.63. The van der Waals surface area contributed by atoms with Gasteiger partial charge >= 0.3 is 0 Å². The van der Waals surface area contributed by atoms with Crippen molar-refractivity contribution in [2.24, 2.45) is 39.4 Å². The smallest absolute Gasteiger partial charge is 0.0853 e. The van der Waals surface area contributed by atoms with Crippen molar-refractivity contribution < 1.29 is 20.4 Å². The number of hydrogen-bond acceptors (Lipinski definition) is 4. The molecular formula is C30H52O4. The summed E-state index contributed by atoms with van der Waals surface area (Å²) in [4.78, 5) is 0. The van der Waals surface area contributed by atoms with Gasteiger partial charge in [0.1, 0.15) is 0 Å². The summed E-state index contributed by atoms with van der Waals surface area (Å²) in [5.41, 5.74) is 2.39. The highest BCUT2D eigenvalue weighted by molar-refractivity contribution is 5.39. The molecule has 0 bridgehead atoms. The van der Waals surface area contributed by atoms with Crippen molar-refractivity contribution in [1.29, 1.82) is 0 Å². The van der Waals surface area contributed by atoms with Gasteiger partial charge in [-0.05, 0) is 111 Å². The molecule has 34 heavy (non-hydrogen) atoms. The van der Waals surface area contributed by atoms with E-state index >= 15 is 0 Å². The topological polar surface area (TPSA) is 80.9 Å². The fraction of sp³-hybridized carbons (Fsp3) is 0.933. The maximum atomic E-state index is 10.9. The number of aliphatic hydroxyl groups is 4. The maximum absolute atomic E-state index is 10.9. The van der Waals surface area contributed by atoms with Crippen LogP contribution in [0.3, 0.4) is 0 Å². The lowest BCUT2D eigenvalue weighted by Crippen LogP contribution is -2.59. The van der Waals surface area contributed by atoms with Crippen LogP contribution in [0.15, 0.2) is 11.1 Å². The standard InChI is InChI=1S/C30H52O4/c1-18(9-12-24(32)27(4,5)34)19-13-15-30(8)21-10-11-23-26(2,3)25(33)22(31)17-28(23,6)20(21)14-16-29(19,30)7/h18-19,22-25,31-34H,9-17H2,1-8H3. The molecule has 9 atom stereocenters. The molecule has 4 aliphatic rings. The van der Waals surface area contributed by atoms with Gasteiger partial charge in [0.15, 0.2) is 0 Å². The number of allylic oxidation sites excluding steroid dienone is 2. The normalized spacial score (nSPS) is 45.9. The number of fused-ring (bicyclic) bond motifs is 4. The third-order valence-electron chi connectivity index (χ3n) is 12.2. The molecule has 4 rings (SSSR count). The second kappa shape index (κ2) is 8.30. The van der Waals surface area contributed by atoms with Crippen molar-refractivity contribution >= 4 is 0 Å². The van der Waals surface area contributed by atoms with Gasteiger partial charge in [-0.1, -0.05) is 52.7 Å². The van der Waals surface area contributed by atoms with Crippen LogP contribution in [0.2, 0.25) is 0 Å². The Morgan fingerprint density at radius 1 is 0.941 bits per heavy atom. The summed E-state index contributed by atoms with van der Waals surface area (Å²) in [6, 6.07) is 0. The molecule has 4 aliphatic carbocycles. The molecule has 4 nitrogen and oxygen atoms in total. The Bertz CT molecular complexity index is 824. The predicted molar refractivity (Wildman–Crippen MR) is 137 cm³/mol. The molecule has 0 spiro atoms. The monoisotopic (exact) mass is 476 g/mol. The molecule has 4 N–H and O–H groups in total. The van der Waals surface area contributed by atoms with E-state index in [9.17, 15) is 20.4 Å². The van der Waals surface area contributed by atoms with E-state index in [4.69, 9.17) is 0 Å². The highest BCUT2D eigenvalue weighted by Gasteiger charge is 2.64. The second-order valence-electron chi connectivity index (χ2n) is 14.6.